The van der Waals surface area contributed by atoms with E-state index in [-0.39, 0.29) is 18.5 Å². The summed E-state index contributed by atoms with van der Waals surface area (Å²) < 4.78 is 11.2. The van der Waals surface area contributed by atoms with E-state index in [0.29, 0.717) is 30.9 Å². The second-order valence-corrected chi connectivity index (χ2v) is 8.84. The molecule has 0 spiro atoms. The molecule has 0 aliphatic carbocycles. The Labute approximate surface area is 209 Å². The molecule has 184 valence electrons. The number of aliphatic hydroxyl groups excluding tert-OH is 1. The molecule has 0 radical (unpaired) electrons. The first kappa shape index (κ1) is 23.7. The van der Waals surface area contributed by atoms with Crippen LogP contribution in [0.4, 0.5) is 0 Å². The fraction of sp³-hybridized carbons (Fsp3) is 0.250. The molecule has 2 aromatic heterocycles. The molecule has 2 aromatic carbocycles. The van der Waals surface area contributed by atoms with Crippen molar-refractivity contribution in [1.82, 2.24) is 20.6 Å². The van der Waals surface area contributed by atoms with Gasteiger partial charge in [-0.25, -0.2) is 4.98 Å². The lowest BCUT2D eigenvalue weighted by atomic mass is 9.92. The Morgan fingerprint density at radius 1 is 1.17 bits per heavy atom. The van der Waals surface area contributed by atoms with Gasteiger partial charge >= 0.3 is 0 Å². The molecule has 3 heterocycles. The summed E-state index contributed by atoms with van der Waals surface area (Å²) in [7, 11) is 0. The monoisotopic (exact) mass is 484 g/mol. The van der Waals surface area contributed by atoms with Crippen molar-refractivity contribution in [3.05, 3.63) is 101 Å². The van der Waals surface area contributed by atoms with Gasteiger partial charge in [-0.15, -0.1) is 0 Å². The first-order valence-corrected chi connectivity index (χ1v) is 11.9. The van der Waals surface area contributed by atoms with Crippen molar-refractivity contribution in [2.24, 2.45) is 0 Å². The molecule has 5 rings (SSSR count). The molecule has 4 aromatic rings. The number of hydrogen-bond donors (Lipinski definition) is 3. The summed E-state index contributed by atoms with van der Waals surface area (Å²) >= 11 is 0. The van der Waals surface area contributed by atoms with Gasteiger partial charge in [0.1, 0.15) is 12.4 Å². The van der Waals surface area contributed by atoms with Crippen molar-refractivity contribution in [3.63, 3.8) is 0 Å². The van der Waals surface area contributed by atoms with Gasteiger partial charge < -0.3 is 24.9 Å². The number of ether oxygens (including phenoxy) is 1. The number of benzene rings is 2. The van der Waals surface area contributed by atoms with E-state index >= 15 is 0 Å². The van der Waals surface area contributed by atoms with E-state index in [1.807, 2.05) is 61.5 Å². The van der Waals surface area contributed by atoms with Gasteiger partial charge in [0, 0.05) is 36.5 Å². The number of nitrogens with one attached hydrogen (secondary N) is 2. The average Bonchev–Trinajstić information content (AvgIpc) is 3.35. The molecule has 1 aliphatic heterocycles. The van der Waals surface area contributed by atoms with Crippen LogP contribution in [0, 0.1) is 6.92 Å². The molecule has 1 amide bonds. The summed E-state index contributed by atoms with van der Waals surface area (Å²) in [6.45, 7) is 2.96. The van der Waals surface area contributed by atoms with Gasteiger partial charge in [0.05, 0.1) is 17.5 Å². The zero-order valence-corrected chi connectivity index (χ0v) is 20.0. The zero-order valence-electron chi connectivity index (χ0n) is 20.0. The third-order valence-electron chi connectivity index (χ3n) is 6.41. The smallest absolute Gasteiger partial charge is 0.251 e. The Bertz CT molecular complexity index is 1340. The molecule has 0 saturated carbocycles. The summed E-state index contributed by atoms with van der Waals surface area (Å²) in [6.07, 6.45) is 3.06. The van der Waals surface area contributed by atoms with Crippen LogP contribution in [0.5, 0.6) is 5.75 Å². The Morgan fingerprint density at radius 2 is 2.08 bits per heavy atom. The van der Waals surface area contributed by atoms with Crippen LogP contribution < -0.4 is 15.4 Å². The molecule has 1 aliphatic rings. The summed E-state index contributed by atoms with van der Waals surface area (Å²) in [5.41, 5.74) is 5.29. The molecule has 8 nitrogen and oxygen atoms in total. The highest BCUT2D eigenvalue weighted by atomic mass is 16.5. The van der Waals surface area contributed by atoms with Gasteiger partial charge in [-0.3, -0.25) is 9.78 Å². The van der Waals surface area contributed by atoms with Crippen LogP contribution in [0.3, 0.4) is 0 Å². The van der Waals surface area contributed by atoms with E-state index in [1.54, 1.807) is 12.3 Å². The fourth-order valence-corrected chi connectivity index (χ4v) is 4.29. The van der Waals surface area contributed by atoms with Crippen LogP contribution in [-0.2, 0) is 19.6 Å². The fourth-order valence-electron chi connectivity index (χ4n) is 4.29. The van der Waals surface area contributed by atoms with Gasteiger partial charge in [-0.05, 0) is 60.9 Å². The quantitative estimate of drug-likeness (QED) is 0.352. The highest BCUT2D eigenvalue weighted by Crippen LogP contribution is 2.24. The topological polar surface area (TPSA) is 110 Å². The van der Waals surface area contributed by atoms with Gasteiger partial charge in [-0.1, -0.05) is 24.3 Å². The molecule has 36 heavy (non-hydrogen) atoms. The molecule has 3 N–H and O–H groups in total. The van der Waals surface area contributed by atoms with Crippen LogP contribution >= 0.6 is 0 Å². The number of aromatic nitrogens is 2. The van der Waals surface area contributed by atoms with Crippen molar-refractivity contribution in [2.75, 3.05) is 6.54 Å². The van der Waals surface area contributed by atoms with Crippen LogP contribution in [0.1, 0.15) is 32.9 Å². The predicted octanol–water partition coefficient (Wildman–Crippen LogP) is 3.43. The lowest BCUT2D eigenvalue weighted by Gasteiger charge is -2.30. The van der Waals surface area contributed by atoms with Gasteiger partial charge in [0.15, 0.2) is 12.2 Å². The number of aliphatic hydroxyl groups is 1. The first-order chi connectivity index (χ1) is 17.6. The third-order valence-corrected chi connectivity index (χ3v) is 6.41. The van der Waals surface area contributed by atoms with Crippen LogP contribution in [0.25, 0.3) is 11.3 Å². The van der Waals surface area contributed by atoms with E-state index in [4.69, 9.17) is 9.15 Å². The van der Waals surface area contributed by atoms with E-state index in [1.165, 1.54) is 6.39 Å². The largest absolute Gasteiger partial charge is 0.486 e. The maximum absolute atomic E-state index is 12.7. The number of aryl methyl sites for hydroxylation is 1. The van der Waals surface area contributed by atoms with Crippen LogP contribution in [0.15, 0.2) is 77.7 Å². The summed E-state index contributed by atoms with van der Waals surface area (Å²) in [6, 6.07) is 18.8. The number of fused-ring (bicyclic) bond motifs is 1. The Morgan fingerprint density at radius 3 is 2.89 bits per heavy atom. The average molecular weight is 485 g/mol. The molecular weight excluding hydrogens is 456 g/mol. The number of carbonyl (C=O) groups is 1. The van der Waals surface area contributed by atoms with Crippen molar-refractivity contribution < 1.29 is 19.1 Å². The molecule has 0 unspecified atom stereocenters. The van der Waals surface area contributed by atoms with E-state index in [2.05, 4.69) is 20.6 Å². The van der Waals surface area contributed by atoms with E-state index in [9.17, 15) is 9.90 Å². The minimum atomic E-state index is -0.730. The molecule has 0 fully saturated rings. The highest BCUT2D eigenvalue weighted by Gasteiger charge is 2.25. The van der Waals surface area contributed by atoms with Gasteiger partial charge in [-0.2, -0.15) is 0 Å². The Balaban J connectivity index is 1.15. The predicted molar refractivity (Wildman–Crippen MR) is 134 cm³/mol. The van der Waals surface area contributed by atoms with Gasteiger partial charge in [0.2, 0.25) is 0 Å². The number of carbonyl (C=O) groups excluding carboxylic acids is 1. The maximum atomic E-state index is 12.7. The van der Waals surface area contributed by atoms with Crippen LogP contribution in [0.2, 0.25) is 0 Å². The van der Waals surface area contributed by atoms with Gasteiger partial charge in [0.25, 0.3) is 5.91 Å². The molecule has 0 bridgehead atoms. The lowest BCUT2D eigenvalue weighted by molar-refractivity contribution is 0.0870. The molecular formula is C28H28N4O4. The van der Waals surface area contributed by atoms with Crippen molar-refractivity contribution in [1.29, 1.82) is 0 Å². The van der Waals surface area contributed by atoms with Crippen molar-refractivity contribution in [2.45, 2.75) is 38.6 Å². The number of oxazole rings is 1. The number of nitrogens with zero attached hydrogens (tertiary/aromatic N) is 2. The van der Waals surface area contributed by atoms with Crippen molar-refractivity contribution in [3.8, 4) is 17.0 Å². The molecule has 8 heteroatoms. The van der Waals surface area contributed by atoms with Crippen LogP contribution in [-0.4, -0.2) is 39.7 Å². The summed E-state index contributed by atoms with van der Waals surface area (Å²) in [5, 5.41) is 17.0. The normalized spacial score (nSPS) is 15.7. The minimum Gasteiger partial charge on any atom is -0.486 e. The lowest BCUT2D eigenvalue weighted by Crippen LogP contribution is -2.49. The number of rotatable bonds is 8. The second-order valence-electron chi connectivity index (χ2n) is 8.84. The molecule has 0 saturated heterocycles. The summed E-state index contributed by atoms with van der Waals surface area (Å²) in [4.78, 5) is 21.1. The number of hydrogen-bond acceptors (Lipinski definition) is 7. The zero-order chi connectivity index (χ0) is 24.9. The van der Waals surface area contributed by atoms with Crippen molar-refractivity contribution >= 4 is 5.91 Å². The standard InChI is InChI=1S/C28H28N4O4/c1-18-27(36-17-32-18)16-35-23-9-8-19-13-25(30-14-22(19)12-23)26(33)15-31-28(34)21-6-4-5-20(11-21)24-7-2-3-10-29-24/h2-12,17,25-26,30,33H,13-16H2,1H3,(H,31,34)/t25-,26+/m0/s1. The third kappa shape index (κ3) is 5.45. The first-order valence-electron chi connectivity index (χ1n) is 11.9. The Hall–Kier alpha value is -4.01. The number of amides is 1. The Kier molecular flexibility index (Phi) is 7.06. The molecule has 2 atom stereocenters. The maximum Gasteiger partial charge on any atom is 0.251 e. The van der Waals surface area contributed by atoms with E-state index in [0.717, 1.165) is 33.8 Å². The highest BCUT2D eigenvalue weighted by molar-refractivity contribution is 5.95. The second kappa shape index (κ2) is 10.7. The summed E-state index contributed by atoms with van der Waals surface area (Å²) in [5.74, 6) is 1.23. The van der Waals surface area contributed by atoms with E-state index < -0.39 is 6.10 Å². The SMILES string of the molecule is Cc1ncoc1COc1ccc2c(c1)CN[C@H]([C@H](O)CNC(=O)c1cccc(-c3ccccn3)c1)C2. The minimum absolute atomic E-state index is 0.150. The number of pyridine rings is 1.